The van der Waals surface area contributed by atoms with Gasteiger partial charge in [0.15, 0.2) is 5.79 Å². The molecule has 3 rings (SSSR count). The summed E-state index contributed by atoms with van der Waals surface area (Å²) in [7, 11) is 0. The highest BCUT2D eigenvalue weighted by molar-refractivity contribution is 5.66. The van der Waals surface area contributed by atoms with Crippen LogP contribution in [0.25, 0.3) is 0 Å². The molecule has 6 heteroatoms. The number of rotatable bonds is 6. The molecular weight excluding hydrogens is 352 g/mol. The molecule has 0 saturated carbocycles. The molecule has 1 fully saturated rings. The third-order valence-electron chi connectivity index (χ3n) is 4.48. The van der Waals surface area contributed by atoms with Gasteiger partial charge in [0.05, 0.1) is 25.0 Å². The van der Waals surface area contributed by atoms with E-state index < -0.39 is 11.6 Å². The maximum Gasteiger partial charge on any atom is 0.163 e. The van der Waals surface area contributed by atoms with Crippen molar-refractivity contribution >= 4 is 11.4 Å². The molecule has 1 saturated heterocycles. The van der Waals surface area contributed by atoms with Crippen molar-refractivity contribution in [1.29, 1.82) is 0 Å². The van der Waals surface area contributed by atoms with Gasteiger partial charge in [-0.15, -0.1) is 0 Å². The normalized spacial score (nSPS) is 18.5. The third-order valence-corrected chi connectivity index (χ3v) is 4.48. The molecule has 0 spiro atoms. The zero-order valence-electron chi connectivity index (χ0n) is 16.1. The summed E-state index contributed by atoms with van der Waals surface area (Å²) in [5.41, 5.74) is 2.29. The van der Waals surface area contributed by atoms with Gasteiger partial charge in [-0.1, -0.05) is 6.07 Å². The van der Waals surface area contributed by atoms with Crippen LogP contribution in [-0.2, 0) is 9.47 Å². The van der Waals surface area contributed by atoms with Crippen molar-refractivity contribution in [2.45, 2.75) is 46.0 Å². The van der Waals surface area contributed by atoms with E-state index in [2.05, 4.69) is 5.32 Å². The number of hydrogen-bond acceptors (Lipinski definition) is 4. The van der Waals surface area contributed by atoms with Gasteiger partial charge in [0.2, 0.25) is 0 Å². The number of benzene rings is 2. The van der Waals surface area contributed by atoms with Crippen LogP contribution in [0.1, 0.15) is 31.4 Å². The first kappa shape index (κ1) is 19.6. The van der Waals surface area contributed by atoms with Crippen molar-refractivity contribution in [2.24, 2.45) is 0 Å². The van der Waals surface area contributed by atoms with E-state index >= 15 is 0 Å². The van der Waals surface area contributed by atoms with Crippen molar-refractivity contribution in [2.75, 3.05) is 18.5 Å². The topological polar surface area (TPSA) is 39.7 Å². The smallest absolute Gasteiger partial charge is 0.163 e. The number of hydrogen-bond donors (Lipinski definition) is 1. The highest BCUT2D eigenvalue weighted by Gasteiger charge is 2.32. The van der Waals surface area contributed by atoms with Gasteiger partial charge in [-0.25, -0.2) is 8.78 Å². The fourth-order valence-corrected chi connectivity index (χ4v) is 3.01. The summed E-state index contributed by atoms with van der Waals surface area (Å²) in [6, 6.07) is 7.52. The molecule has 0 aromatic heterocycles. The van der Waals surface area contributed by atoms with E-state index in [1.807, 2.05) is 27.7 Å². The Hall–Kier alpha value is -2.18. The average molecular weight is 377 g/mol. The van der Waals surface area contributed by atoms with E-state index in [1.165, 1.54) is 18.2 Å². The molecular formula is C21H25F2NO3. The van der Waals surface area contributed by atoms with Crippen molar-refractivity contribution in [3.8, 4) is 5.75 Å². The van der Waals surface area contributed by atoms with E-state index in [1.54, 1.807) is 12.1 Å². The minimum Gasteiger partial charge on any atom is -0.493 e. The lowest BCUT2D eigenvalue weighted by Crippen LogP contribution is -2.22. The molecule has 1 aliphatic heterocycles. The van der Waals surface area contributed by atoms with Gasteiger partial charge >= 0.3 is 0 Å². The summed E-state index contributed by atoms with van der Waals surface area (Å²) in [5.74, 6) is -0.994. The SMILES string of the molecule is Cc1ccc(Nc2cc(F)cc(OCCC3COC(C)(C)O3)c2C)c(F)c1. The Morgan fingerprint density at radius 1 is 1.15 bits per heavy atom. The van der Waals surface area contributed by atoms with E-state index in [9.17, 15) is 8.78 Å². The molecule has 0 amide bonds. The minimum atomic E-state index is -0.575. The molecule has 1 N–H and O–H groups in total. The second kappa shape index (κ2) is 7.82. The number of nitrogens with one attached hydrogen (secondary N) is 1. The van der Waals surface area contributed by atoms with Crippen molar-refractivity contribution in [3.05, 3.63) is 53.1 Å². The minimum absolute atomic E-state index is 0.0480. The fourth-order valence-electron chi connectivity index (χ4n) is 3.01. The van der Waals surface area contributed by atoms with Gasteiger partial charge < -0.3 is 19.5 Å². The average Bonchev–Trinajstić information content (AvgIpc) is 2.93. The quantitative estimate of drug-likeness (QED) is 0.747. The standard InChI is InChI=1S/C21H25F2NO3/c1-13-5-6-18(17(23)9-13)24-19-10-15(22)11-20(14(19)2)25-8-7-16-12-26-21(3,4)27-16/h5-6,9-11,16,24H,7-8,12H2,1-4H3. The lowest BCUT2D eigenvalue weighted by molar-refractivity contribution is -0.139. The van der Waals surface area contributed by atoms with Crippen molar-refractivity contribution in [1.82, 2.24) is 0 Å². The van der Waals surface area contributed by atoms with Crippen LogP contribution in [0.3, 0.4) is 0 Å². The zero-order chi connectivity index (χ0) is 19.6. The number of aryl methyl sites for hydroxylation is 1. The molecule has 0 radical (unpaired) electrons. The maximum atomic E-state index is 14.1. The van der Waals surface area contributed by atoms with Crippen LogP contribution in [0, 0.1) is 25.5 Å². The maximum absolute atomic E-state index is 14.1. The molecule has 146 valence electrons. The highest BCUT2D eigenvalue weighted by Crippen LogP contribution is 2.31. The first-order valence-corrected chi connectivity index (χ1v) is 9.01. The summed E-state index contributed by atoms with van der Waals surface area (Å²) < 4.78 is 45.2. The predicted octanol–water partition coefficient (Wildman–Crippen LogP) is 5.25. The molecule has 2 aromatic rings. The summed E-state index contributed by atoms with van der Waals surface area (Å²) in [5, 5.41) is 2.95. The molecule has 27 heavy (non-hydrogen) atoms. The van der Waals surface area contributed by atoms with Gasteiger partial charge in [0, 0.05) is 23.7 Å². The monoisotopic (exact) mass is 377 g/mol. The van der Waals surface area contributed by atoms with Gasteiger partial charge in [-0.05, 0) is 51.5 Å². The Kier molecular flexibility index (Phi) is 5.67. The van der Waals surface area contributed by atoms with E-state index in [4.69, 9.17) is 14.2 Å². The first-order chi connectivity index (χ1) is 12.7. The molecule has 1 heterocycles. The predicted molar refractivity (Wildman–Crippen MR) is 101 cm³/mol. The van der Waals surface area contributed by atoms with Gasteiger partial charge in [0.25, 0.3) is 0 Å². The van der Waals surface area contributed by atoms with Crippen LogP contribution < -0.4 is 10.1 Å². The Morgan fingerprint density at radius 2 is 1.93 bits per heavy atom. The van der Waals surface area contributed by atoms with E-state index in [0.717, 1.165) is 5.56 Å². The molecule has 4 nitrogen and oxygen atoms in total. The van der Waals surface area contributed by atoms with Gasteiger partial charge in [-0.2, -0.15) is 0 Å². The lowest BCUT2D eigenvalue weighted by atomic mass is 10.1. The lowest BCUT2D eigenvalue weighted by Gasteiger charge is -2.18. The van der Waals surface area contributed by atoms with Crippen molar-refractivity contribution in [3.63, 3.8) is 0 Å². The first-order valence-electron chi connectivity index (χ1n) is 9.01. The van der Waals surface area contributed by atoms with Gasteiger partial charge in [0.1, 0.15) is 17.4 Å². The summed E-state index contributed by atoms with van der Waals surface area (Å²) in [6.07, 6.45) is 0.586. The molecule has 1 atom stereocenters. The largest absolute Gasteiger partial charge is 0.493 e. The highest BCUT2D eigenvalue weighted by atomic mass is 19.1. The number of halogens is 2. The zero-order valence-corrected chi connectivity index (χ0v) is 16.1. The van der Waals surface area contributed by atoms with Crippen molar-refractivity contribution < 1.29 is 23.0 Å². The summed E-state index contributed by atoms with van der Waals surface area (Å²) in [6.45, 7) is 8.23. The Labute approximate surface area is 158 Å². The van der Waals surface area contributed by atoms with E-state index in [0.29, 0.717) is 42.3 Å². The Bertz CT molecular complexity index is 823. The number of ether oxygens (including phenoxy) is 3. The molecule has 2 aromatic carbocycles. The molecule has 1 aliphatic rings. The second-order valence-corrected chi connectivity index (χ2v) is 7.27. The van der Waals surface area contributed by atoms with Crippen LogP contribution in [0.2, 0.25) is 0 Å². The molecule has 0 aliphatic carbocycles. The van der Waals surface area contributed by atoms with Crippen LogP contribution in [0.4, 0.5) is 20.2 Å². The summed E-state index contributed by atoms with van der Waals surface area (Å²) >= 11 is 0. The van der Waals surface area contributed by atoms with E-state index in [-0.39, 0.29) is 11.9 Å². The summed E-state index contributed by atoms with van der Waals surface area (Å²) in [4.78, 5) is 0. The van der Waals surface area contributed by atoms with Crippen LogP contribution in [-0.4, -0.2) is 25.1 Å². The Balaban J connectivity index is 1.68. The van der Waals surface area contributed by atoms with Crippen LogP contribution in [0.5, 0.6) is 5.75 Å². The van der Waals surface area contributed by atoms with Gasteiger partial charge in [-0.3, -0.25) is 0 Å². The fraction of sp³-hybridized carbons (Fsp3) is 0.429. The Morgan fingerprint density at radius 3 is 2.59 bits per heavy atom. The molecule has 0 bridgehead atoms. The molecule has 1 unspecified atom stereocenters. The van der Waals surface area contributed by atoms with Crippen LogP contribution in [0.15, 0.2) is 30.3 Å². The third kappa shape index (κ3) is 4.96. The number of anilines is 2. The second-order valence-electron chi connectivity index (χ2n) is 7.27. The van der Waals surface area contributed by atoms with Crippen LogP contribution >= 0.6 is 0 Å².